The van der Waals surface area contributed by atoms with Crippen LogP contribution < -0.4 is 10.2 Å². The van der Waals surface area contributed by atoms with Crippen LogP contribution in [0.1, 0.15) is 68.2 Å². The zero-order chi connectivity index (χ0) is 20.8. The van der Waals surface area contributed by atoms with E-state index in [0.29, 0.717) is 6.42 Å². The minimum absolute atomic E-state index is 0.0825. The van der Waals surface area contributed by atoms with Gasteiger partial charge >= 0.3 is 0 Å². The monoisotopic (exact) mass is 393 g/mol. The van der Waals surface area contributed by atoms with Crippen LogP contribution in [0.5, 0.6) is 0 Å². The predicted molar refractivity (Wildman–Crippen MR) is 116 cm³/mol. The number of nitrogens with zero attached hydrogens (tertiary/aromatic N) is 2. The predicted octanol–water partition coefficient (Wildman–Crippen LogP) is 4.63. The Morgan fingerprint density at radius 1 is 1.14 bits per heavy atom. The maximum Gasteiger partial charge on any atom is 0.248 e. The molecule has 29 heavy (non-hydrogen) atoms. The minimum atomic E-state index is -0.736. The molecule has 1 aliphatic carbocycles. The molecular formula is C24H31N3O2. The van der Waals surface area contributed by atoms with E-state index in [0.717, 1.165) is 48.1 Å². The van der Waals surface area contributed by atoms with Gasteiger partial charge in [0.25, 0.3) is 0 Å². The standard InChI is InChI=1S/C24H31N3O2/c1-4-22(28)27(21-13-12-17(2)18(3)15-21)23(19-9-8-14-25-16-19)24(29)26-20-10-6-5-7-11-20/h8-9,12-16,20,23H,4-7,10-11H2,1-3H3,(H,26,29). The molecule has 1 aliphatic rings. The van der Waals surface area contributed by atoms with E-state index in [1.165, 1.54) is 6.42 Å². The summed E-state index contributed by atoms with van der Waals surface area (Å²) in [6.07, 6.45) is 9.17. The fourth-order valence-electron chi connectivity index (χ4n) is 3.97. The Labute approximate surface area is 173 Å². The maximum absolute atomic E-state index is 13.5. The van der Waals surface area contributed by atoms with Crippen LogP contribution in [0.2, 0.25) is 0 Å². The Morgan fingerprint density at radius 2 is 1.90 bits per heavy atom. The molecule has 1 fully saturated rings. The number of aryl methyl sites for hydroxylation is 2. The first-order chi connectivity index (χ1) is 14.0. The van der Waals surface area contributed by atoms with Crippen molar-refractivity contribution in [2.45, 2.75) is 71.4 Å². The summed E-state index contributed by atoms with van der Waals surface area (Å²) >= 11 is 0. The van der Waals surface area contributed by atoms with Crippen LogP contribution in [-0.4, -0.2) is 22.8 Å². The van der Waals surface area contributed by atoms with Crippen LogP contribution >= 0.6 is 0 Å². The van der Waals surface area contributed by atoms with Gasteiger partial charge in [-0.05, 0) is 56.0 Å². The van der Waals surface area contributed by atoms with Gasteiger partial charge in [0.05, 0.1) is 0 Å². The SMILES string of the molecule is CCC(=O)N(c1ccc(C)c(C)c1)C(C(=O)NC1CCCCC1)c1cccnc1. The van der Waals surface area contributed by atoms with E-state index >= 15 is 0 Å². The van der Waals surface area contributed by atoms with Crippen molar-refractivity contribution < 1.29 is 9.59 Å². The Hall–Kier alpha value is -2.69. The quantitative estimate of drug-likeness (QED) is 0.778. The summed E-state index contributed by atoms with van der Waals surface area (Å²) < 4.78 is 0. The summed E-state index contributed by atoms with van der Waals surface area (Å²) in [6, 6.07) is 9.03. The lowest BCUT2D eigenvalue weighted by atomic mass is 9.94. The van der Waals surface area contributed by atoms with Gasteiger partial charge in [-0.15, -0.1) is 0 Å². The van der Waals surface area contributed by atoms with Crippen molar-refractivity contribution in [3.05, 3.63) is 59.4 Å². The van der Waals surface area contributed by atoms with Crippen LogP contribution in [-0.2, 0) is 9.59 Å². The highest BCUT2D eigenvalue weighted by atomic mass is 16.2. The van der Waals surface area contributed by atoms with E-state index in [4.69, 9.17) is 0 Å². The number of hydrogen-bond acceptors (Lipinski definition) is 3. The molecule has 1 saturated carbocycles. The first-order valence-corrected chi connectivity index (χ1v) is 10.6. The minimum Gasteiger partial charge on any atom is -0.351 e. The van der Waals surface area contributed by atoms with Crippen LogP contribution in [0.4, 0.5) is 5.69 Å². The third-order valence-corrected chi connectivity index (χ3v) is 5.80. The first-order valence-electron chi connectivity index (χ1n) is 10.6. The summed E-state index contributed by atoms with van der Waals surface area (Å²) in [5.41, 5.74) is 3.71. The zero-order valence-corrected chi connectivity index (χ0v) is 17.6. The molecule has 2 amide bonds. The molecule has 5 nitrogen and oxygen atoms in total. The number of benzene rings is 1. The second-order valence-electron chi connectivity index (χ2n) is 7.92. The van der Waals surface area contributed by atoms with Gasteiger partial charge in [0.15, 0.2) is 0 Å². The van der Waals surface area contributed by atoms with E-state index in [1.54, 1.807) is 17.3 Å². The van der Waals surface area contributed by atoms with Crippen LogP contribution in [0.15, 0.2) is 42.7 Å². The summed E-state index contributed by atoms with van der Waals surface area (Å²) in [7, 11) is 0. The molecule has 0 saturated heterocycles. The third-order valence-electron chi connectivity index (χ3n) is 5.80. The number of nitrogens with one attached hydrogen (secondary N) is 1. The molecule has 1 unspecified atom stereocenters. The molecule has 3 rings (SSSR count). The molecule has 2 aromatic rings. The fourth-order valence-corrected chi connectivity index (χ4v) is 3.97. The smallest absolute Gasteiger partial charge is 0.248 e. The van der Waals surface area contributed by atoms with Crippen molar-refractivity contribution in [3.8, 4) is 0 Å². The van der Waals surface area contributed by atoms with Gasteiger partial charge in [0, 0.05) is 36.1 Å². The maximum atomic E-state index is 13.5. The summed E-state index contributed by atoms with van der Waals surface area (Å²) in [4.78, 5) is 32.4. The molecule has 1 aromatic heterocycles. The molecule has 154 valence electrons. The Balaban J connectivity index is 2.01. The van der Waals surface area contributed by atoms with E-state index in [2.05, 4.69) is 10.3 Å². The van der Waals surface area contributed by atoms with Crippen molar-refractivity contribution in [2.24, 2.45) is 0 Å². The molecule has 0 spiro atoms. The normalized spacial score (nSPS) is 15.6. The Morgan fingerprint density at radius 3 is 2.52 bits per heavy atom. The highest BCUT2D eigenvalue weighted by Gasteiger charge is 2.33. The fraction of sp³-hybridized carbons (Fsp3) is 0.458. The highest BCUT2D eigenvalue weighted by Crippen LogP contribution is 2.30. The van der Waals surface area contributed by atoms with Gasteiger partial charge in [0.1, 0.15) is 6.04 Å². The van der Waals surface area contributed by atoms with E-state index in [9.17, 15) is 9.59 Å². The van der Waals surface area contributed by atoms with Gasteiger partial charge in [-0.2, -0.15) is 0 Å². The van der Waals surface area contributed by atoms with Crippen LogP contribution in [0, 0.1) is 13.8 Å². The molecule has 1 aromatic carbocycles. The van der Waals surface area contributed by atoms with E-state index < -0.39 is 6.04 Å². The number of rotatable bonds is 6. The zero-order valence-electron chi connectivity index (χ0n) is 17.6. The molecule has 0 aliphatic heterocycles. The molecule has 0 bridgehead atoms. The molecule has 0 radical (unpaired) electrons. The number of pyridine rings is 1. The number of amides is 2. The average molecular weight is 394 g/mol. The summed E-state index contributed by atoms with van der Waals surface area (Å²) in [5, 5.41) is 3.21. The molecule has 1 atom stereocenters. The molecule has 1 N–H and O–H groups in total. The van der Waals surface area contributed by atoms with Crippen molar-refractivity contribution in [1.82, 2.24) is 10.3 Å². The lowest BCUT2D eigenvalue weighted by molar-refractivity contribution is -0.127. The number of anilines is 1. The van der Waals surface area contributed by atoms with Gasteiger partial charge in [-0.3, -0.25) is 19.5 Å². The number of carbonyl (C=O) groups excluding carboxylic acids is 2. The Kier molecular flexibility index (Phi) is 7.02. The lowest BCUT2D eigenvalue weighted by Crippen LogP contribution is -2.47. The van der Waals surface area contributed by atoms with Crippen molar-refractivity contribution in [2.75, 3.05) is 4.90 Å². The second kappa shape index (κ2) is 9.68. The first kappa shape index (κ1) is 21.0. The lowest BCUT2D eigenvalue weighted by Gasteiger charge is -2.33. The number of aromatic nitrogens is 1. The van der Waals surface area contributed by atoms with Crippen molar-refractivity contribution >= 4 is 17.5 Å². The highest BCUT2D eigenvalue weighted by molar-refractivity contribution is 6.01. The molecule has 5 heteroatoms. The van der Waals surface area contributed by atoms with Crippen molar-refractivity contribution in [1.29, 1.82) is 0 Å². The number of hydrogen-bond donors (Lipinski definition) is 1. The van der Waals surface area contributed by atoms with Crippen LogP contribution in [0.3, 0.4) is 0 Å². The molecule has 1 heterocycles. The molecular weight excluding hydrogens is 362 g/mol. The van der Waals surface area contributed by atoms with E-state index in [-0.39, 0.29) is 17.9 Å². The van der Waals surface area contributed by atoms with Gasteiger partial charge in [-0.1, -0.05) is 38.3 Å². The largest absolute Gasteiger partial charge is 0.351 e. The van der Waals surface area contributed by atoms with Gasteiger partial charge in [0.2, 0.25) is 11.8 Å². The van der Waals surface area contributed by atoms with E-state index in [1.807, 2.05) is 51.1 Å². The average Bonchev–Trinajstić information content (AvgIpc) is 2.74. The van der Waals surface area contributed by atoms with Gasteiger partial charge in [-0.25, -0.2) is 0 Å². The summed E-state index contributed by atoms with van der Waals surface area (Å²) in [5.74, 6) is -0.217. The van der Waals surface area contributed by atoms with Crippen molar-refractivity contribution in [3.63, 3.8) is 0 Å². The topological polar surface area (TPSA) is 62.3 Å². The van der Waals surface area contributed by atoms with Gasteiger partial charge < -0.3 is 5.32 Å². The van der Waals surface area contributed by atoms with Crippen LogP contribution in [0.25, 0.3) is 0 Å². The third kappa shape index (κ3) is 5.03. The Bertz CT molecular complexity index is 844. The second-order valence-corrected chi connectivity index (χ2v) is 7.92. The summed E-state index contributed by atoms with van der Waals surface area (Å²) in [6.45, 7) is 5.89. The number of carbonyl (C=O) groups is 2.